The summed E-state index contributed by atoms with van der Waals surface area (Å²) in [6, 6.07) is 6.89. The van der Waals surface area contributed by atoms with E-state index in [0.29, 0.717) is 11.5 Å². The number of nitrogens with two attached hydrogens (primary N) is 1. The van der Waals surface area contributed by atoms with Crippen LogP contribution in [0.3, 0.4) is 0 Å². The topological polar surface area (TPSA) is 35.2 Å². The molecule has 0 bridgehead atoms. The second-order valence-corrected chi connectivity index (χ2v) is 5.25. The zero-order chi connectivity index (χ0) is 13.0. The molecule has 0 aromatic heterocycles. The van der Waals surface area contributed by atoms with Gasteiger partial charge in [0.1, 0.15) is 5.82 Å². The molecule has 2 rings (SSSR count). The van der Waals surface area contributed by atoms with Gasteiger partial charge in [0.2, 0.25) is 0 Å². The minimum absolute atomic E-state index is 0.186. The highest BCUT2D eigenvalue weighted by Crippen LogP contribution is 2.34. The molecule has 1 heterocycles. The van der Waals surface area contributed by atoms with Crippen LogP contribution >= 0.6 is 0 Å². The molecule has 1 fully saturated rings. The maximum absolute atomic E-state index is 13.9. The Morgan fingerprint density at radius 2 is 2.00 bits per heavy atom. The summed E-state index contributed by atoms with van der Waals surface area (Å²) in [4.78, 5) is 0. The summed E-state index contributed by atoms with van der Waals surface area (Å²) < 4.78 is 19.3. The van der Waals surface area contributed by atoms with Crippen LogP contribution in [0.2, 0.25) is 0 Å². The zero-order valence-corrected chi connectivity index (χ0v) is 11.0. The number of benzene rings is 1. The molecule has 0 spiro atoms. The van der Waals surface area contributed by atoms with Crippen molar-refractivity contribution in [1.82, 2.24) is 0 Å². The minimum atomic E-state index is -0.548. The van der Waals surface area contributed by atoms with Crippen LogP contribution in [-0.2, 0) is 10.3 Å². The van der Waals surface area contributed by atoms with Crippen molar-refractivity contribution in [3.05, 3.63) is 35.6 Å². The van der Waals surface area contributed by atoms with Gasteiger partial charge in [0.05, 0.1) is 0 Å². The van der Waals surface area contributed by atoms with Gasteiger partial charge in [0, 0.05) is 24.3 Å². The van der Waals surface area contributed by atoms with Crippen molar-refractivity contribution in [2.24, 2.45) is 11.7 Å². The molecule has 18 heavy (non-hydrogen) atoms. The van der Waals surface area contributed by atoms with Gasteiger partial charge in [-0.1, -0.05) is 25.1 Å². The van der Waals surface area contributed by atoms with Crippen molar-refractivity contribution < 1.29 is 9.13 Å². The van der Waals surface area contributed by atoms with Crippen LogP contribution in [0.1, 0.15) is 38.2 Å². The summed E-state index contributed by atoms with van der Waals surface area (Å²) >= 11 is 0. The van der Waals surface area contributed by atoms with Crippen LogP contribution < -0.4 is 5.73 Å². The van der Waals surface area contributed by atoms with Gasteiger partial charge in [-0.25, -0.2) is 4.39 Å². The molecule has 1 aliphatic heterocycles. The standard InChI is InChI=1S/C15H22FNO/c1-2-15(17,11-12-7-9-18-10-8-12)13-5-3-4-6-14(13)16/h3-6,12H,2,7-11,17H2,1H3. The second kappa shape index (κ2) is 5.81. The van der Waals surface area contributed by atoms with E-state index in [-0.39, 0.29) is 5.82 Å². The summed E-state index contributed by atoms with van der Waals surface area (Å²) in [5, 5.41) is 0. The van der Waals surface area contributed by atoms with Gasteiger partial charge in [-0.3, -0.25) is 0 Å². The third-order valence-electron chi connectivity index (χ3n) is 4.03. The lowest BCUT2D eigenvalue weighted by Gasteiger charge is -2.34. The minimum Gasteiger partial charge on any atom is -0.381 e. The number of rotatable bonds is 4. The Bertz CT molecular complexity index is 390. The van der Waals surface area contributed by atoms with Crippen LogP contribution in [0.25, 0.3) is 0 Å². The Kier molecular flexibility index (Phi) is 4.36. The van der Waals surface area contributed by atoms with Crippen LogP contribution in [0.4, 0.5) is 4.39 Å². The van der Waals surface area contributed by atoms with Crippen molar-refractivity contribution in [1.29, 1.82) is 0 Å². The van der Waals surface area contributed by atoms with Gasteiger partial charge < -0.3 is 10.5 Å². The van der Waals surface area contributed by atoms with E-state index in [1.165, 1.54) is 6.07 Å². The fourth-order valence-electron chi connectivity index (χ4n) is 2.78. The molecule has 1 aromatic carbocycles. The fourth-order valence-corrected chi connectivity index (χ4v) is 2.78. The van der Waals surface area contributed by atoms with E-state index in [9.17, 15) is 4.39 Å². The first-order valence-corrected chi connectivity index (χ1v) is 6.77. The Hall–Kier alpha value is -0.930. The third kappa shape index (κ3) is 2.90. The molecule has 0 amide bonds. The van der Waals surface area contributed by atoms with Crippen molar-refractivity contribution in [2.45, 2.75) is 38.1 Å². The van der Waals surface area contributed by atoms with E-state index in [0.717, 1.165) is 38.9 Å². The second-order valence-electron chi connectivity index (χ2n) is 5.25. The van der Waals surface area contributed by atoms with Crippen LogP contribution in [0.15, 0.2) is 24.3 Å². The van der Waals surface area contributed by atoms with Gasteiger partial charge in [-0.2, -0.15) is 0 Å². The molecule has 1 saturated heterocycles. The molecule has 2 nitrogen and oxygen atoms in total. The summed E-state index contributed by atoms with van der Waals surface area (Å²) in [6.07, 6.45) is 3.67. The van der Waals surface area contributed by atoms with E-state index < -0.39 is 5.54 Å². The predicted molar refractivity (Wildman–Crippen MR) is 70.7 cm³/mol. The van der Waals surface area contributed by atoms with E-state index in [1.54, 1.807) is 6.07 Å². The smallest absolute Gasteiger partial charge is 0.128 e. The largest absolute Gasteiger partial charge is 0.381 e. The maximum atomic E-state index is 13.9. The first kappa shape index (κ1) is 13.5. The highest BCUT2D eigenvalue weighted by molar-refractivity contribution is 5.25. The molecule has 0 radical (unpaired) electrons. The lowest BCUT2D eigenvalue weighted by molar-refractivity contribution is 0.0552. The Morgan fingerprint density at radius 1 is 1.33 bits per heavy atom. The average Bonchev–Trinajstić information content (AvgIpc) is 2.40. The van der Waals surface area contributed by atoms with Crippen molar-refractivity contribution in [2.75, 3.05) is 13.2 Å². The van der Waals surface area contributed by atoms with Gasteiger partial charge in [-0.05, 0) is 37.7 Å². The molecule has 1 unspecified atom stereocenters. The SMILES string of the molecule is CCC(N)(CC1CCOCC1)c1ccccc1F. The molecular formula is C15H22FNO. The molecule has 1 aromatic rings. The van der Waals surface area contributed by atoms with Gasteiger partial charge >= 0.3 is 0 Å². The zero-order valence-electron chi connectivity index (χ0n) is 11.0. The number of ether oxygens (including phenoxy) is 1. The van der Waals surface area contributed by atoms with E-state index >= 15 is 0 Å². The molecule has 0 aliphatic carbocycles. The van der Waals surface area contributed by atoms with E-state index in [2.05, 4.69) is 0 Å². The van der Waals surface area contributed by atoms with E-state index in [4.69, 9.17) is 10.5 Å². The molecule has 1 atom stereocenters. The van der Waals surface area contributed by atoms with E-state index in [1.807, 2.05) is 19.1 Å². The molecule has 0 saturated carbocycles. The number of hydrogen-bond donors (Lipinski definition) is 1. The van der Waals surface area contributed by atoms with Crippen LogP contribution in [0.5, 0.6) is 0 Å². The maximum Gasteiger partial charge on any atom is 0.128 e. The van der Waals surface area contributed by atoms with Crippen molar-refractivity contribution >= 4 is 0 Å². The summed E-state index contributed by atoms with van der Waals surface area (Å²) in [5.41, 5.74) is 6.57. The molecule has 100 valence electrons. The normalized spacial score (nSPS) is 20.6. The highest BCUT2D eigenvalue weighted by Gasteiger charge is 2.31. The third-order valence-corrected chi connectivity index (χ3v) is 4.03. The van der Waals surface area contributed by atoms with Crippen molar-refractivity contribution in [3.8, 4) is 0 Å². The average molecular weight is 251 g/mol. The summed E-state index contributed by atoms with van der Waals surface area (Å²) in [6.45, 7) is 3.65. The lowest BCUT2D eigenvalue weighted by Crippen LogP contribution is -2.40. The number of halogens is 1. The fraction of sp³-hybridized carbons (Fsp3) is 0.600. The van der Waals surface area contributed by atoms with Crippen LogP contribution in [-0.4, -0.2) is 13.2 Å². The summed E-state index contributed by atoms with van der Waals surface area (Å²) in [7, 11) is 0. The first-order valence-electron chi connectivity index (χ1n) is 6.77. The van der Waals surface area contributed by atoms with Gasteiger partial charge in [0.25, 0.3) is 0 Å². The predicted octanol–water partition coefficient (Wildman–Crippen LogP) is 3.21. The van der Waals surface area contributed by atoms with Crippen molar-refractivity contribution in [3.63, 3.8) is 0 Å². The highest BCUT2D eigenvalue weighted by atomic mass is 19.1. The van der Waals surface area contributed by atoms with Gasteiger partial charge in [-0.15, -0.1) is 0 Å². The summed E-state index contributed by atoms with van der Waals surface area (Å²) in [5.74, 6) is 0.359. The molecule has 1 aliphatic rings. The van der Waals surface area contributed by atoms with Crippen LogP contribution in [0, 0.1) is 11.7 Å². The monoisotopic (exact) mass is 251 g/mol. The first-order chi connectivity index (χ1) is 8.65. The number of hydrogen-bond acceptors (Lipinski definition) is 2. The quantitative estimate of drug-likeness (QED) is 0.891. The Labute approximate surface area is 108 Å². The molecule has 3 heteroatoms. The van der Waals surface area contributed by atoms with Gasteiger partial charge in [0.15, 0.2) is 0 Å². The Balaban J connectivity index is 2.16. The Morgan fingerprint density at radius 3 is 2.61 bits per heavy atom. The molecular weight excluding hydrogens is 229 g/mol. The molecule has 2 N–H and O–H groups in total. The lowest BCUT2D eigenvalue weighted by atomic mass is 9.78.